The lowest BCUT2D eigenvalue weighted by molar-refractivity contribution is -0.142. The second kappa shape index (κ2) is 10.0. The molecule has 158 valence electrons. The Bertz CT molecular complexity index is 1080. The van der Waals surface area contributed by atoms with Crippen LogP contribution in [-0.2, 0) is 27.2 Å². The molecule has 0 unspecified atom stereocenters. The number of hydrogen-bond acceptors (Lipinski definition) is 7. The molecule has 0 saturated carbocycles. The predicted molar refractivity (Wildman–Crippen MR) is 122 cm³/mol. The number of rotatable bonds is 8. The highest BCUT2D eigenvalue weighted by Gasteiger charge is 2.13. The number of thiazole rings is 1. The third kappa shape index (κ3) is 5.58. The Balaban J connectivity index is 1.65. The molecule has 2 aromatic heterocycles. The molecule has 3 aromatic rings. The number of nitrogens with one attached hydrogen (secondary N) is 1. The van der Waals surface area contributed by atoms with E-state index in [4.69, 9.17) is 9.72 Å². The molecule has 6 nitrogen and oxygen atoms in total. The third-order valence-electron chi connectivity index (χ3n) is 4.44. The Morgan fingerprint density at radius 1 is 1.17 bits per heavy atom. The lowest BCUT2D eigenvalue weighted by atomic mass is 10.0. The Kier molecular flexibility index (Phi) is 7.44. The number of esters is 1. The molecule has 0 atom stereocenters. The molecule has 1 amide bonds. The normalized spacial score (nSPS) is 10.9. The first-order valence-electron chi connectivity index (χ1n) is 9.83. The number of carbonyl (C=O) groups excluding carboxylic acids is 2. The second-order valence-corrected chi connectivity index (χ2v) is 8.74. The first-order chi connectivity index (χ1) is 14.4. The SMILES string of the molecule is CCOC(=O)Cc1csc(NC(=O)CSc2nc3c(C)cc(C)cc3cc2CC)n1. The molecule has 0 bridgehead atoms. The number of amides is 1. The van der Waals surface area contributed by atoms with Crippen molar-refractivity contribution in [3.8, 4) is 0 Å². The fourth-order valence-electron chi connectivity index (χ4n) is 3.15. The molecule has 0 fully saturated rings. The summed E-state index contributed by atoms with van der Waals surface area (Å²) in [6.07, 6.45) is 0.957. The second-order valence-electron chi connectivity index (χ2n) is 6.92. The van der Waals surface area contributed by atoms with Gasteiger partial charge in [-0.3, -0.25) is 9.59 Å². The highest BCUT2D eigenvalue weighted by molar-refractivity contribution is 8.00. The van der Waals surface area contributed by atoms with Gasteiger partial charge in [-0.15, -0.1) is 11.3 Å². The highest BCUT2D eigenvalue weighted by atomic mass is 32.2. The van der Waals surface area contributed by atoms with E-state index in [2.05, 4.69) is 49.3 Å². The average molecular weight is 444 g/mol. The quantitative estimate of drug-likeness (QED) is 0.401. The molecular formula is C22H25N3O3S2. The topological polar surface area (TPSA) is 81.2 Å². The largest absolute Gasteiger partial charge is 0.466 e. The van der Waals surface area contributed by atoms with E-state index in [1.54, 1.807) is 12.3 Å². The first-order valence-corrected chi connectivity index (χ1v) is 11.7. The van der Waals surface area contributed by atoms with E-state index < -0.39 is 0 Å². The molecular weight excluding hydrogens is 418 g/mol. The van der Waals surface area contributed by atoms with Crippen molar-refractivity contribution in [2.45, 2.75) is 45.6 Å². The molecule has 0 radical (unpaired) electrons. The molecule has 8 heteroatoms. The maximum Gasteiger partial charge on any atom is 0.311 e. The van der Waals surface area contributed by atoms with Gasteiger partial charge in [0, 0.05) is 10.8 Å². The first kappa shape index (κ1) is 22.2. The summed E-state index contributed by atoms with van der Waals surface area (Å²) in [5, 5.41) is 7.05. The van der Waals surface area contributed by atoms with E-state index in [0.29, 0.717) is 17.4 Å². The van der Waals surface area contributed by atoms with Gasteiger partial charge in [-0.2, -0.15) is 0 Å². The maximum atomic E-state index is 12.4. The van der Waals surface area contributed by atoms with Crippen molar-refractivity contribution >= 4 is 51.0 Å². The summed E-state index contributed by atoms with van der Waals surface area (Å²) in [7, 11) is 0. The van der Waals surface area contributed by atoms with Crippen molar-refractivity contribution in [1.82, 2.24) is 9.97 Å². The van der Waals surface area contributed by atoms with Gasteiger partial charge in [-0.1, -0.05) is 30.3 Å². The number of fused-ring (bicyclic) bond motifs is 1. The van der Waals surface area contributed by atoms with Gasteiger partial charge in [0.1, 0.15) is 5.03 Å². The van der Waals surface area contributed by atoms with Crippen LogP contribution in [0.1, 0.15) is 36.2 Å². The summed E-state index contributed by atoms with van der Waals surface area (Å²) in [6, 6.07) is 6.44. The van der Waals surface area contributed by atoms with Gasteiger partial charge < -0.3 is 10.1 Å². The molecule has 0 saturated heterocycles. The van der Waals surface area contributed by atoms with Gasteiger partial charge in [0.25, 0.3) is 0 Å². The minimum absolute atomic E-state index is 0.106. The van der Waals surface area contributed by atoms with Crippen LogP contribution in [0.4, 0.5) is 5.13 Å². The Hall–Kier alpha value is -2.45. The zero-order valence-corrected chi connectivity index (χ0v) is 19.2. The predicted octanol–water partition coefficient (Wildman–Crippen LogP) is 4.71. The van der Waals surface area contributed by atoms with Gasteiger partial charge in [-0.05, 0) is 50.5 Å². The number of thioether (sulfide) groups is 1. The van der Waals surface area contributed by atoms with Crippen LogP contribution in [0.15, 0.2) is 28.6 Å². The molecule has 0 aliphatic rings. The van der Waals surface area contributed by atoms with Crippen molar-refractivity contribution in [2.75, 3.05) is 17.7 Å². The monoisotopic (exact) mass is 443 g/mol. The minimum atomic E-state index is -0.323. The van der Waals surface area contributed by atoms with Crippen molar-refractivity contribution in [3.05, 3.63) is 46.0 Å². The molecule has 3 rings (SSSR count). The number of anilines is 1. The lowest BCUT2D eigenvalue weighted by Gasteiger charge is -2.11. The minimum Gasteiger partial charge on any atom is -0.466 e. The highest BCUT2D eigenvalue weighted by Crippen LogP contribution is 2.28. The molecule has 1 aromatic carbocycles. The van der Waals surface area contributed by atoms with Gasteiger partial charge in [0.2, 0.25) is 5.91 Å². The summed E-state index contributed by atoms with van der Waals surface area (Å²) >= 11 is 2.73. The maximum absolute atomic E-state index is 12.4. The zero-order valence-electron chi connectivity index (χ0n) is 17.6. The van der Waals surface area contributed by atoms with Crippen LogP contribution in [-0.4, -0.2) is 34.2 Å². The number of aromatic nitrogens is 2. The lowest BCUT2D eigenvalue weighted by Crippen LogP contribution is -2.14. The van der Waals surface area contributed by atoms with Crippen LogP contribution >= 0.6 is 23.1 Å². The molecule has 0 aliphatic carbocycles. The number of benzene rings is 1. The van der Waals surface area contributed by atoms with Crippen LogP contribution in [0.2, 0.25) is 0 Å². The smallest absolute Gasteiger partial charge is 0.311 e. The number of ether oxygens (including phenoxy) is 1. The number of aryl methyl sites for hydroxylation is 3. The summed E-state index contributed by atoms with van der Waals surface area (Å²) < 4.78 is 4.92. The number of nitrogens with zero attached hydrogens (tertiary/aromatic N) is 2. The van der Waals surface area contributed by atoms with Crippen LogP contribution in [0.5, 0.6) is 0 Å². The summed E-state index contributed by atoms with van der Waals surface area (Å²) in [6.45, 7) is 8.34. The molecule has 0 spiro atoms. The third-order valence-corrected chi connectivity index (χ3v) is 6.28. The van der Waals surface area contributed by atoms with Gasteiger partial charge >= 0.3 is 5.97 Å². The van der Waals surface area contributed by atoms with E-state index in [-0.39, 0.29) is 24.1 Å². The van der Waals surface area contributed by atoms with E-state index in [1.165, 1.54) is 28.7 Å². The van der Waals surface area contributed by atoms with Crippen molar-refractivity contribution in [1.29, 1.82) is 0 Å². The Labute approximate surface area is 184 Å². The van der Waals surface area contributed by atoms with E-state index in [1.807, 2.05) is 0 Å². The summed E-state index contributed by atoms with van der Waals surface area (Å²) in [5.41, 5.74) is 5.06. The van der Waals surface area contributed by atoms with Gasteiger partial charge in [0.15, 0.2) is 5.13 Å². The van der Waals surface area contributed by atoms with Crippen LogP contribution < -0.4 is 5.32 Å². The molecule has 1 N–H and O–H groups in total. The van der Waals surface area contributed by atoms with E-state index >= 15 is 0 Å². The Morgan fingerprint density at radius 2 is 1.97 bits per heavy atom. The van der Waals surface area contributed by atoms with E-state index in [9.17, 15) is 9.59 Å². The number of hydrogen-bond donors (Lipinski definition) is 1. The molecule has 0 aliphatic heterocycles. The van der Waals surface area contributed by atoms with Crippen molar-refractivity contribution < 1.29 is 14.3 Å². The van der Waals surface area contributed by atoms with Crippen LogP contribution in [0.3, 0.4) is 0 Å². The fraction of sp³-hybridized carbons (Fsp3) is 0.364. The van der Waals surface area contributed by atoms with Gasteiger partial charge in [-0.25, -0.2) is 9.97 Å². The fourth-order valence-corrected chi connectivity index (χ4v) is 4.76. The molecule has 2 heterocycles. The average Bonchev–Trinajstić information content (AvgIpc) is 3.12. The zero-order chi connectivity index (χ0) is 21.7. The Morgan fingerprint density at radius 3 is 2.70 bits per heavy atom. The summed E-state index contributed by atoms with van der Waals surface area (Å²) in [4.78, 5) is 33.1. The van der Waals surface area contributed by atoms with Gasteiger partial charge in [0.05, 0.1) is 30.0 Å². The summed E-state index contributed by atoms with van der Waals surface area (Å²) in [5.74, 6) is -0.235. The van der Waals surface area contributed by atoms with E-state index in [0.717, 1.165) is 33.5 Å². The van der Waals surface area contributed by atoms with Crippen LogP contribution in [0.25, 0.3) is 10.9 Å². The molecule has 30 heavy (non-hydrogen) atoms. The standard InChI is InChI=1S/C22H25N3O3S2/c1-5-15-9-16-8-13(3)7-14(4)20(16)25-21(15)29-12-18(26)24-22-23-17(11-30-22)10-19(27)28-6-2/h7-9,11H,5-6,10,12H2,1-4H3,(H,23,24,26). The number of pyridine rings is 1. The number of carbonyl (C=O) groups is 2. The van der Waals surface area contributed by atoms with Crippen molar-refractivity contribution in [2.24, 2.45) is 0 Å². The van der Waals surface area contributed by atoms with Crippen molar-refractivity contribution in [3.63, 3.8) is 0 Å². The van der Waals surface area contributed by atoms with Crippen LogP contribution in [0, 0.1) is 13.8 Å².